The smallest absolute Gasteiger partial charge is 0.225 e. The largest absolute Gasteiger partial charge is 0.381 e. The molecule has 5 nitrogen and oxygen atoms in total. The lowest BCUT2D eigenvalue weighted by atomic mass is 9.73. The summed E-state index contributed by atoms with van der Waals surface area (Å²) in [5, 5.41) is 0. The van der Waals surface area contributed by atoms with E-state index in [1.165, 1.54) is 23.2 Å². The second-order valence-electron chi connectivity index (χ2n) is 8.68. The van der Waals surface area contributed by atoms with Crippen molar-refractivity contribution in [3.63, 3.8) is 0 Å². The number of benzene rings is 1. The second-order valence-corrected chi connectivity index (χ2v) is 8.68. The standard InChI is InChI=1S/C23H37N3O2/c1-5-17(2)21-7-6-20(16-18(21)3)26-12-10-25(11-13-26)19(4)23(22(24)27)8-14-28-15-9-23/h6-7,16-17,19H,5,8-15H2,1-4H3,(H2,24,27). The Balaban J connectivity index is 1.65. The first-order valence-corrected chi connectivity index (χ1v) is 10.9. The Bertz CT molecular complexity index is 676. The SMILES string of the molecule is CCC(C)c1ccc(N2CCN(C(C)C3(C(N)=O)CCOCC3)CC2)cc1C. The number of hydrogen-bond donors (Lipinski definition) is 1. The number of ether oxygens (including phenoxy) is 1. The number of carbonyl (C=O) groups excluding carboxylic acids is 1. The van der Waals surface area contributed by atoms with E-state index >= 15 is 0 Å². The molecule has 2 fully saturated rings. The van der Waals surface area contributed by atoms with Crippen LogP contribution in [0.2, 0.25) is 0 Å². The van der Waals surface area contributed by atoms with Crippen molar-refractivity contribution in [2.75, 3.05) is 44.3 Å². The van der Waals surface area contributed by atoms with Gasteiger partial charge in [-0.3, -0.25) is 9.69 Å². The van der Waals surface area contributed by atoms with E-state index in [0.717, 1.165) is 39.0 Å². The normalized spacial score (nSPS) is 22.6. The van der Waals surface area contributed by atoms with Crippen molar-refractivity contribution >= 4 is 11.6 Å². The highest BCUT2D eigenvalue weighted by Gasteiger charge is 2.46. The molecule has 1 aromatic rings. The van der Waals surface area contributed by atoms with E-state index in [0.29, 0.717) is 19.1 Å². The van der Waals surface area contributed by atoms with Crippen molar-refractivity contribution in [2.45, 2.75) is 58.9 Å². The van der Waals surface area contributed by atoms with Gasteiger partial charge in [0, 0.05) is 51.1 Å². The molecule has 2 saturated heterocycles. The van der Waals surface area contributed by atoms with E-state index < -0.39 is 5.41 Å². The van der Waals surface area contributed by atoms with Crippen LogP contribution in [0, 0.1) is 12.3 Å². The van der Waals surface area contributed by atoms with E-state index in [1.54, 1.807) is 0 Å². The van der Waals surface area contributed by atoms with Crippen LogP contribution in [0.25, 0.3) is 0 Å². The zero-order valence-electron chi connectivity index (χ0n) is 18.0. The Hall–Kier alpha value is -1.59. The van der Waals surface area contributed by atoms with E-state index in [1.807, 2.05) is 0 Å². The van der Waals surface area contributed by atoms with E-state index in [2.05, 4.69) is 55.7 Å². The second kappa shape index (κ2) is 8.83. The molecule has 2 aliphatic heterocycles. The van der Waals surface area contributed by atoms with Gasteiger partial charge in [-0.25, -0.2) is 0 Å². The van der Waals surface area contributed by atoms with Crippen LogP contribution in [0.5, 0.6) is 0 Å². The third-order valence-electron chi connectivity index (χ3n) is 7.30. The molecule has 3 rings (SSSR count). The van der Waals surface area contributed by atoms with Crippen molar-refractivity contribution < 1.29 is 9.53 Å². The highest BCUT2D eigenvalue weighted by atomic mass is 16.5. The topological polar surface area (TPSA) is 58.8 Å². The zero-order valence-corrected chi connectivity index (χ0v) is 18.0. The Morgan fingerprint density at radius 2 is 1.82 bits per heavy atom. The Morgan fingerprint density at radius 3 is 2.36 bits per heavy atom. The number of primary amides is 1. The first-order valence-electron chi connectivity index (χ1n) is 10.9. The molecule has 5 heteroatoms. The van der Waals surface area contributed by atoms with E-state index in [-0.39, 0.29) is 11.9 Å². The molecule has 1 amide bonds. The number of nitrogens with zero attached hydrogens (tertiary/aromatic N) is 2. The first-order chi connectivity index (χ1) is 13.4. The maximum atomic E-state index is 12.3. The summed E-state index contributed by atoms with van der Waals surface area (Å²) < 4.78 is 5.50. The van der Waals surface area contributed by atoms with Crippen LogP contribution in [-0.4, -0.2) is 56.2 Å². The van der Waals surface area contributed by atoms with Gasteiger partial charge in [-0.2, -0.15) is 0 Å². The fourth-order valence-corrected chi connectivity index (χ4v) is 4.95. The highest BCUT2D eigenvalue weighted by Crippen LogP contribution is 2.37. The van der Waals surface area contributed by atoms with Gasteiger partial charge in [0.25, 0.3) is 0 Å². The van der Waals surface area contributed by atoms with Gasteiger partial charge in [-0.15, -0.1) is 0 Å². The molecule has 0 aromatic heterocycles. The fraction of sp³-hybridized carbons (Fsp3) is 0.696. The van der Waals surface area contributed by atoms with Crippen molar-refractivity contribution in [1.29, 1.82) is 0 Å². The molecule has 0 spiro atoms. The summed E-state index contributed by atoms with van der Waals surface area (Å²) in [5.41, 5.74) is 9.57. The maximum absolute atomic E-state index is 12.3. The third-order valence-corrected chi connectivity index (χ3v) is 7.30. The van der Waals surface area contributed by atoms with Gasteiger partial charge in [-0.05, 0) is 62.3 Å². The van der Waals surface area contributed by atoms with Crippen molar-refractivity contribution in [3.05, 3.63) is 29.3 Å². The van der Waals surface area contributed by atoms with Crippen molar-refractivity contribution in [1.82, 2.24) is 4.90 Å². The van der Waals surface area contributed by atoms with Gasteiger partial charge in [0.1, 0.15) is 0 Å². The summed E-state index contributed by atoms with van der Waals surface area (Å²) in [7, 11) is 0. The lowest BCUT2D eigenvalue weighted by Crippen LogP contribution is -2.59. The average molecular weight is 388 g/mol. The van der Waals surface area contributed by atoms with Crippen molar-refractivity contribution in [2.24, 2.45) is 11.1 Å². The molecule has 0 radical (unpaired) electrons. The average Bonchev–Trinajstić information content (AvgIpc) is 2.73. The predicted octanol–water partition coefficient (Wildman–Crippen LogP) is 3.30. The molecule has 2 atom stereocenters. The van der Waals surface area contributed by atoms with Gasteiger partial charge >= 0.3 is 0 Å². The van der Waals surface area contributed by atoms with Gasteiger partial charge in [0.05, 0.1) is 5.41 Å². The van der Waals surface area contributed by atoms with Gasteiger partial charge < -0.3 is 15.4 Å². The van der Waals surface area contributed by atoms with Crippen LogP contribution in [0.1, 0.15) is 57.1 Å². The fourth-order valence-electron chi connectivity index (χ4n) is 4.95. The summed E-state index contributed by atoms with van der Waals surface area (Å²) in [5.74, 6) is 0.443. The molecule has 2 heterocycles. The summed E-state index contributed by atoms with van der Waals surface area (Å²) in [6.45, 7) is 14.1. The van der Waals surface area contributed by atoms with Crippen LogP contribution in [-0.2, 0) is 9.53 Å². The number of amides is 1. The quantitative estimate of drug-likeness (QED) is 0.814. The van der Waals surface area contributed by atoms with Crippen LogP contribution >= 0.6 is 0 Å². The molecule has 2 N–H and O–H groups in total. The van der Waals surface area contributed by atoms with Gasteiger partial charge in [-0.1, -0.05) is 19.9 Å². The third kappa shape index (κ3) is 4.06. The van der Waals surface area contributed by atoms with Crippen LogP contribution < -0.4 is 10.6 Å². The summed E-state index contributed by atoms with van der Waals surface area (Å²) in [6.07, 6.45) is 2.64. The molecule has 156 valence electrons. The minimum absolute atomic E-state index is 0.158. The maximum Gasteiger partial charge on any atom is 0.225 e. The summed E-state index contributed by atoms with van der Waals surface area (Å²) >= 11 is 0. The van der Waals surface area contributed by atoms with E-state index in [4.69, 9.17) is 10.5 Å². The lowest BCUT2D eigenvalue weighted by molar-refractivity contribution is -0.139. The minimum Gasteiger partial charge on any atom is -0.381 e. The summed E-state index contributed by atoms with van der Waals surface area (Å²) in [4.78, 5) is 17.2. The molecule has 0 saturated carbocycles. The molecule has 0 bridgehead atoms. The molecule has 28 heavy (non-hydrogen) atoms. The summed E-state index contributed by atoms with van der Waals surface area (Å²) in [6, 6.07) is 7.07. The lowest BCUT2D eigenvalue weighted by Gasteiger charge is -2.47. The highest BCUT2D eigenvalue weighted by molar-refractivity contribution is 5.81. The molecule has 1 aromatic carbocycles. The van der Waals surface area contributed by atoms with E-state index in [9.17, 15) is 4.79 Å². The number of rotatable bonds is 6. The minimum atomic E-state index is -0.449. The molecule has 2 aliphatic rings. The van der Waals surface area contributed by atoms with Gasteiger partial charge in [0.15, 0.2) is 0 Å². The molecule has 2 unspecified atom stereocenters. The monoisotopic (exact) mass is 387 g/mol. The van der Waals surface area contributed by atoms with Crippen LogP contribution in [0.4, 0.5) is 5.69 Å². The number of nitrogens with two attached hydrogens (primary N) is 1. The molecular weight excluding hydrogens is 350 g/mol. The Labute approximate surface area is 170 Å². The molecular formula is C23H37N3O2. The molecule has 0 aliphatic carbocycles. The van der Waals surface area contributed by atoms with Gasteiger partial charge in [0.2, 0.25) is 5.91 Å². The first kappa shape index (κ1) is 21.1. The number of anilines is 1. The van der Waals surface area contributed by atoms with Crippen LogP contribution in [0.3, 0.4) is 0 Å². The van der Waals surface area contributed by atoms with Crippen LogP contribution in [0.15, 0.2) is 18.2 Å². The number of aryl methyl sites for hydroxylation is 1. The number of carbonyl (C=O) groups is 1. The Morgan fingerprint density at radius 1 is 1.18 bits per heavy atom. The predicted molar refractivity (Wildman–Crippen MR) is 115 cm³/mol. The zero-order chi connectivity index (χ0) is 20.3. The number of hydrogen-bond acceptors (Lipinski definition) is 4. The van der Waals surface area contributed by atoms with Crippen molar-refractivity contribution in [3.8, 4) is 0 Å². The Kier molecular flexibility index (Phi) is 6.66. The number of piperazine rings is 1.